The Morgan fingerprint density at radius 2 is 1.59 bits per heavy atom. The first-order chi connectivity index (χ1) is 18.5. The predicted molar refractivity (Wildman–Crippen MR) is 156 cm³/mol. The first-order valence-electron chi connectivity index (χ1n) is 14.3. The van der Waals surface area contributed by atoms with Gasteiger partial charge >= 0.3 is 0 Å². The highest BCUT2D eigenvalue weighted by molar-refractivity contribution is 7.09. The molecule has 0 aliphatic heterocycles. The van der Waals surface area contributed by atoms with Crippen LogP contribution >= 0.6 is 11.3 Å². The molecule has 0 spiro atoms. The number of anilines is 1. The smallest absolute Gasteiger partial charge is 0.255 e. The van der Waals surface area contributed by atoms with Crippen molar-refractivity contribution in [2.45, 2.75) is 97.4 Å². The van der Waals surface area contributed by atoms with Gasteiger partial charge in [0.2, 0.25) is 5.51 Å². The molecule has 0 unspecified atom stereocenters. The van der Waals surface area contributed by atoms with Crippen LogP contribution in [0.2, 0.25) is 0 Å². The van der Waals surface area contributed by atoms with E-state index >= 15 is 0 Å². The quantitative estimate of drug-likeness (QED) is 0.143. The van der Waals surface area contributed by atoms with Crippen LogP contribution in [0.25, 0.3) is 0 Å². The van der Waals surface area contributed by atoms with Crippen molar-refractivity contribution in [2.75, 3.05) is 11.9 Å². The normalized spacial score (nSPS) is 10.7. The van der Waals surface area contributed by atoms with Crippen LogP contribution in [0.4, 0.5) is 10.1 Å². The number of ether oxygens (including phenoxy) is 1. The Morgan fingerprint density at radius 1 is 0.923 bits per heavy atom. The minimum atomic E-state index is -0.505. The maximum atomic E-state index is 14.6. The minimum absolute atomic E-state index is 0. The van der Waals surface area contributed by atoms with Crippen LogP contribution in [-0.2, 0) is 6.54 Å². The molecule has 2 aromatic carbocycles. The fourth-order valence-electron chi connectivity index (χ4n) is 4.57. The lowest BCUT2D eigenvalue weighted by atomic mass is 10.1. The molecule has 0 aliphatic carbocycles. The second-order valence-corrected chi connectivity index (χ2v) is 11.3. The Hall–Kier alpha value is -2.25. The van der Waals surface area contributed by atoms with Crippen molar-refractivity contribution in [3.8, 4) is 5.75 Å². The SMILES string of the molecule is CCCCCCCCCCCCCCOc1ccc(C(=O)Nc2cccc(C[n+]3csc(C)c3)c2)cc1F.[Br-]. The number of hydrogen-bond acceptors (Lipinski definition) is 3. The van der Waals surface area contributed by atoms with Gasteiger partial charge in [-0.15, -0.1) is 0 Å². The Kier molecular flexibility index (Phi) is 16.0. The molecule has 3 rings (SSSR count). The predicted octanol–water partition coefficient (Wildman–Crippen LogP) is 5.87. The summed E-state index contributed by atoms with van der Waals surface area (Å²) in [5.74, 6) is -0.642. The van der Waals surface area contributed by atoms with Crippen LogP contribution in [0, 0.1) is 12.7 Å². The van der Waals surface area contributed by atoms with E-state index in [1.807, 2.05) is 24.3 Å². The first kappa shape index (κ1) is 33.0. The van der Waals surface area contributed by atoms with Gasteiger partial charge in [-0.05, 0) is 43.7 Å². The average Bonchev–Trinajstić information content (AvgIpc) is 3.32. The summed E-state index contributed by atoms with van der Waals surface area (Å²) in [5, 5.41) is 2.88. The van der Waals surface area contributed by atoms with Gasteiger partial charge in [0.05, 0.1) is 11.5 Å². The number of aryl methyl sites for hydroxylation is 1. The highest BCUT2D eigenvalue weighted by atomic mass is 79.9. The molecule has 0 bridgehead atoms. The number of benzene rings is 2. The minimum Gasteiger partial charge on any atom is -1.00 e. The van der Waals surface area contributed by atoms with E-state index < -0.39 is 5.82 Å². The zero-order valence-electron chi connectivity index (χ0n) is 23.5. The second-order valence-electron chi connectivity index (χ2n) is 10.2. The van der Waals surface area contributed by atoms with Crippen LogP contribution < -0.4 is 31.6 Å². The van der Waals surface area contributed by atoms with E-state index in [9.17, 15) is 9.18 Å². The molecular weight excluding hydrogens is 575 g/mol. The van der Waals surface area contributed by atoms with E-state index in [1.165, 1.54) is 75.2 Å². The third-order valence-corrected chi connectivity index (χ3v) is 7.57. The monoisotopic (exact) mass is 618 g/mol. The summed E-state index contributed by atoms with van der Waals surface area (Å²) in [6.07, 6.45) is 17.4. The summed E-state index contributed by atoms with van der Waals surface area (Å²) < 4.78 is 22.4. The van der Waals surface area contributed by atoms with Gasteiger partial charge in [-0.3, -0.25) is 4.79 Å². The fourth-order valence-corrected chi connectivity index (χ4v) is 5.21. The standard InChI is InChI=1S/C32H43FN2O2S.BrH/c1-3-4-5-6-7-8-9-10-11-12-13-14-20-37-31-19-18-28(22-30(31)33)32(36)34-29-17-15-16-27(21-29)24-35-23-26(2)38-25-35;/h15-19,21-23,25H,3-14,20,24H2,1-2H3;1H. The molecule has 1 aromatic heterocycles. The molecule has 0 atom stereocenters. The molecule has 39 heavy (non-hydrogen) atoms. The summed E-state index contributed by atoms with van der Waals surface area (Å²) >= 11 is 1.70. The van der Waals surface area contributed by atoms with Crippen molar-refractivity contribution in [2.24, 2.45) is 0 Å². The number of amides is 1. The second kappa shape index (κ2) is 18.9. The lowest BCUT2D eigenvalue weighted by molar-refractivity contribution is -0.683. The number of halogens is 2. The Bertz CT molecular complexity index is 1120. The molecule has 7 heteroatoms. The third-order valence-electron chi connectivity index (χ3n) is 6.72. The van der Waals surface area contributed by atoms with Crippen molar-refractivity contribution in [1.82, 2.24) is 0 Å². The van der Waals surface area contributed by atoms with Gasteiger partial charge in [-0.1, -0.05) is 101 Å². The fraction of sp³-hybridized carbons (Fsp3) is 0.500. The number of carbonyl (C=O) groups is 1. The number of nitrogens with one attached hydrogen (secondary N) is 1. The maximum Gasteiger partial charge on any atom is 0.255 e. The van der Waals surface area contributed by atoms with Crippen LogP contribution in [0.5, 0.6) is 5.75 Å². The Balaban J connectivity index is 0.00000533. The van der Waals surface area contributed by atoms with Gasteiger partial charge in [0, 0.05) is 16.8 Å². The largest absolute Gasteiger partial charge is 1.00 e. The molecule has 3 aromatic rings. The van der Waals surface area contributed by atoms with E-state index in [0.29, 0.717) is 12.3 Å². The molecule has 1 heterocycles. The summed E-state index contributed by atoms with van der Waals surface area (Å²) in [6, 6.07) is 12.1. The molecule has 214 valence electrons. The lowest BCUT2D eigenvalue weighted by Gasteiger charge is -2.10. The third kappa shape index (κ3) is 12.6. The summed E-state index contributed by atoms with van der Waals surface area (Å²) in [7, 11) is 0. The van der Waals surface area contributed by atoms with Gasteiger partial charge in [-0.25, -0.2) is 4.39 Å². The topological polar surface area (TPSA) is 42.2 Å². The number of hydrogen-bond donors (Lipinski definition) is 1. The van der Waals surface area contributed by atoms with Gasteiger partial charge in [0.15, 0.2) is 24.3 Å². The van der Waals surface area contributed by atoms with Crippen molar-refractivity contribution in [3.05, 3.63) is 76.0 Å². The first-order valence-corrected chi connectivity index (χ1v) is 15.2. The molecule has 1 N–H and O–H groups in total. The van der Waals surface area contributed by atoms with E-state index in [4.69, 9.17) is 4.74 Å². The highest BCUT2D eigenvalue weighted by Gasteiger charge is 2.12. The molecule has 0 saturated carbocycles. The lowest BCUT2D eigenvalue weighted by Crippen LogP contribution is -3.00. The van der Waals surface area contributed by atoms with E-state index in [-0.39, 0.29) is 34.2 Å². The summed E-state index contributed by atoms with van der Waals surface area (Å²) in [6.45, 7) is 5.56. The van der Waals surface area contributed by atoms with Crippen molar-refractivity contribution in [3.63, 3.8) is 0 Å². The van der Waals surface area contributed by atoms with E-state index in [0.717, 1.165) is 24.9 Å². The van der Waals surface area contributed by atoms with Crippen LogP contribution in [-0.4, -0.2) is 12.5 Å². The number of thiazole rings is 1. The molecule has 4 nitrogen and oxygen atoms in total. The Labute approximate surface area is 248 Å². The molecule has 0 saturated heterocycles. The van der Waals surface area contributed by atoms with Gasteiger partial charge in [0.25, 0.3) is 5.91 Å². The van der Waals surface area contributed by atoms with Crippen molar-refractivity contribution in [1.29, 1.82) is 0 Å². The van der Waals surface area contributed by atoms with Gasteiger partial charge in [0.1, 0.15) is 0 Å². The number of aromatic nitrogens is 1. The number of rotatable bonds is 18. The van der Waals surface area contributed by atoms with Crippen LogP contribution in [0.3, 0.4) is 0 Å². The Morgan fingerprint density at radius 3 is 2.21 bits per heavy atom. The van der Waals surface area contributed by atoms with Crippen LogP contribution in [0.1, 0.15) is 105 Å². The zero-order valence-corrected chi connectivity index (χ0v) is 25.9. The van der Waals surface area contributed by atoms with E-state index in [2.05, 4.69) is 35.4 Å². The van der Waals surface area contributed by atoms with Gasteiger partial charge < -0.3 is 27.0 Å². The summed E-state index contributed by atoms with van der Waals surface area (Å²) in [4.78, 5) is 14.0. The number of nitrogens with zero attached hydrogens (tertiary/aromatic N) is 1. The highest BCUT2D eigenvalue weighted by Crippen LogP contribution is 2.21. The van der Waals surface area contributed by atoms with Gasteiger partial charge in [-0.2, -0.15) is 4.57 Å². The molecule has 0 fully saturated rings. The maximum absolute atomic E-state index is 14.6. The number of carbonyl (C=O) groups excluding carboxylic acids is 1. The zero-order chi connectivity index (χ0) is 27.0. The average molecular weight is 620 g/mol. The molecule has 1 amide bonds. The van der Waals surface area contributed by atoms with Crippen molar-refractivity contribution >= 4 is 22.9 Å². The number of unbranched alkanes of at least 4 members (excludes halogenated alkanes) is 11. The summed E-state index contributed by atoms with van der Waals surface area (Å²) in [5.41, 5.74) is 4.12. The molecule has 0 radical (unpaired) electrons. The van der Waals surface area contributed by atoms with E-state index in [1.54, 1.807) is 23.5 Å². The van der Waals surface area contributed by atoms with Crippen molar-refractivity contribution < 1.29 is 35.5 Å². The molecule has 0 aliphatic rings. The molecular formula is C32H44BrFN2O2S. The van der Waals surface area contributed by atoms with Crippen LogP contribution in [0.15, 0.2) is 54.2 Å².